The molecule has 8 heteroatoms. The third kappa shape index (κ3) is 4.80. The van der Waals surface area contributed by atoms with E-state index >= 15 is 0 Å². The van der Waals surface area contributed by atoms with Crippen LogP contribution in [0.25, 0.3) is 0 Å². The Balaban J connectivity index is 1.54. The average molecular weight is 482 g/mol. The van der Waals surface area contributed by atoms with Gasteiger partial charge in [0.15, 0.2) is 0 Å². The van der Waals surface area contributed by atoms with Crippen molar-refractivity contribution in [3.8, 4) is 5.75 Å². The van der Waals surface area contributed by atoms with Gasteiger partial charge in [0, 0.05) is 17.3 Å². The van der Waals surface area contributed by atoms with E-state index in [0.29, 0.717) is 29.3 Å². The lowest BCUT2D eigenvalue weighted by atomic mass is 9.94. The SMILES string of the molecule is CCOc1ccccc1NC(=O)c1ccc(C)c(NC2=C(Cl)C(=O)N(C3CCCCC3)C2=O)c1. The van der Waals surface area contributed by atoms with Gasteiger partial charge in [-0.25, -0.2) is 0 Å². The highest BCUT2D eigenvalue weighted by Gasteiger charge is 2.42. The van der Waals surface area contributed by atoms with Crippen molar-refractivity contribution in [2.24, 2.45) is 0 Å². The third-order valence-corrected chi connectivity index (χ3v) is 6.54. The van der Waals surface area contributed by atoms with Gasteiger partial charge in [-0.05, 0) is 56.5 Å². The number of hydrogen-bond acceptors (Lipinski definition) is 5. The standard InChI is InChI=1S/C26H28ClN3O4/c1-3-34-21-12-8-7-11-19(21)29-24(31)17-14-13-16(2)20(15-17)28-23-22(27)25(32)30(26(23)33)18-9-5-4-6-10-18/h7-8,11-15,18,28H,3-6,9-10H2,1-2H3,(H,29,31). The number of ether oxygens (including phenoxy) is 1. The number of anilines is 2. The normalized spacial score (nSPS) is 16.7. The number of carbonyl (C=O) groups excluding carboxylic acids is 3. The highest BCUT2D eigenvalue weighted by Crippen LogP contribution is 2.33. The summed E-state index contributed by atoms with van der Waals surface area (Å²) < 4.78 is 5.58. The van der Waals surface area contributed by atoms with Crippen molar-refractivity contribution in [3.05, 3.63) is 64.3 Å². The molecule has 0 unspecified atom stereocenters. The summed E-state index contributed by atoms with van der Waals surface area (Å²) in [5.41, 5.74) is 2.34. The summed E-state index contributed by atoms with van der Waals surface area (Å²) in [5.74, 6) is -0.617. The second-order valence-corrected chi connectivity index (χ2v) is 8.88. The van der Waals surface area contributed by atoms with E-state index in [9.17, 15) is 14.4 Å². The molecule has 34 heavy (non-hydrogen) atoms. The van der Waals surface area contributed by atoms with Crippen molar-refractivity contribution < 1.29 is 19.1 Å². The number of para-hydroxylation sites is 2. The fourth-order valence-electron chi connectivity index (χ4n) is 4.38. The summed E-state index contributed by atoms with van der Waals surface area (Å²) in [6.07, 6.45) is 4.69. The van der Waals surface area contributed by atoms with Crippen LogP contribution in [0, 0.1) is 6.92 Å². The molecule has 7 nitrogen and oxygen atoms in total. The zero-order valence-corrected chi connectivity index (χ0v) is 20.1. The van der Waals surface area contributed by atoms with Crippen molar-refractivity contribution in [1.82, 2.24) is 4.90 Å². The van der Waals surface area contributed by atoms with Gasteiger partial charge in [-0.15, -0.1) is 0 Å². The Morgan fingerprint density at radius 1 is 1.06 bits per heavy atom. The van der Waals surface area contributed by atoms with Gasteiger partial charge in [0.2, 0.25) is 0 Å². The minimum absolute atomic E-state index is 0.0552. The van der Waals surface area contributed by atoms with Crippen LogP contribution in [0.5, 0.6) is 5.75 Å². The molecule has 0 saturated heterocycles. The molecule has 178 valence electrons. The van der Waals surface area contributed by atoms with Crippen LogP contribution in [0.1, 0.15) is 54.9 Å². The van der Waals surface area contributed by atoms with Crippen LogP contribution in [0.3, 0.4) is 0 Å². The smallest absolute Gasteiger partial charge is 0.279 e. The summed E-state index contributed by atoms with van der Waals surface area (Å²) in [6.45, 7) is 4.20. The molecule has 1 aliphatic heterocycles. The Bertz CT molecular complexity index is 1150. The van der Waals surface area contributed by atoms with E-state index in [-0.39, 0.29) is 22.7 Å². The quantitative estimate of drug-likeness (QED) is 0.530. The summed E-state index contributed by atoms with van der Waals surface area (Å²) in [7, 11) is 0. The van der Waals surface area contributed by atoms with Crippen molar-refractivity contribution in [3.63, 3.8) is 0 Å². The van der Waals surface area contributed by atoms with Crippen LogP contribution >= 0.6 is 11.6 Å². The maximum atomic E-state index is 13.1. The van der Waals surface area contributed by atoms with Crippen molar-refractivity contribution in [1.29, 1.82) is 0 Å². The first kappa shape index (κ1) is 23.8. The number of rotatable bonds is 7. The second-order valence-electron chi connectivity index (χ2n) is 8.50. The van der Waals surface area contributed by atoms with Gasteiger partial charge in [-0.1, -0.05) is 49.1 Å². The van der Waals surface area contributed by atoms with Gasteiger partial charge < -0.3 is 15.4 Å². The zero-order chi connectivity index (χ0) is 24.2. The van der Waals surface area contributed by atoms with Crippen LogP contribution in [0.4, 0.5) is 11.4 Å². The largest absolute Gasteiger partial charge is 0.492 e. The van der Waals surface area contributed by atoms with E-state index < -0.39 is 11.8 Å². The maximum absolute atomic E-state index is 13.1. The van der Waals surface area contributed by atoms with E-state index in [1.807, 2.05) is 26.0 Å². The van der Waals surface area contributed by atoms with E-state index in [1.54, 1.807) is 30.3 Å². The maximum Gasteiger partial charge on any atom is 0.279 e. The van der Waals surface area contributed by atoms with Crippen molar-refractivity contribution in [2.75, 3.05) is 17.2 Å². The summed E-state index contributed by atoms with van der Waals surface area (Å²) >= 11 is 6.31. The molecule has 1 fully saturated rings. The van der Waals surface area contributed by atoms with E-state index in [0.717, 1.165) is 37.7 Å². The Kier molecular flexibility index (Phi) is 7.22. The molecule has 1 heterocycles. The fourth-order valence-corrected chi connectivity index (χ4v) is 4.60. The van der Waals surface area contributed by atoms with E-state index in [4.69, 9.17) is 16.3 Å². The number of benzene rings is 2. The first-order valence-electron chi connectivity index (χ1n) is 11.6. The summed E-state index contributed by atoms with van der Waals surface area (Å²) in [5, 5.41) is 5.78. The Hall–Kier alpha value is -3.32. The molecule has 2 N–H and O–H groups in total. The highest BCUT2D eigenvalue weighted by molar-refractivity contribution is 6.48. The highest BCUT2D eigenvalue weighted by atomic mass is 35.5. The van der Waals surface area contributed by atoms with Crippen LogP contribution in [0.15, 0.2) is 53.2 Å². The van der Waals surface area contributed by atoms with Crippen molar-refractivity contribution in [2.45, 2.75) is 52.0 Å². The number of nitrogens with one attached hydrogen (secondary N) is 2. The predicted molar refractivity (Wildman–Crippen MR) is 132 cm³/mol. The van der Waals surface area contributed by atoms with Crippen LogP contribution < -0.4 is 15.4 Å². The lowest BCUT2D eigenvalue weighted by molar-refractivity contribution is -0.140. The first-order valence-corrected chi connectivity index (χ1v) is 12.0. The second kappa shape index (κ2) is 10.3. The summed E-state index contributed by atoms with van der Waals surface area (Å²) in [4.78, 5) is 40.1. The molecule has 4 rings (SSSR count). The van der Waals surface area contributed by atoms with Crippen LogP contribution in [0.2, 0.25) is 0 Å². The Morgan fingerprint density at radius 2 is 1.79 bits per heavy atom. The summed E-state index contributed by atoms with van der Waals surface area (Å²) in [6, 6.07) is 12.2. The van der Waals surface area contributed by atoms with E-state index in [2.05, 4.69) is 10.6 Å². The Labute approximate surface area is 204 Å². The number of amides is 3. The number of hydrogen-bond donors (Lipinski definition) is 2. The minimum atomic E-state index is -0.458. The predicted octanol–water partition coefficient (Wildman–Crippen LogP) is 5.21. The van der Waals surface area contributed by atoms with Crippen molar-refractivity contribution >= 4 is 40.7 Å². The molecule has 2 aromatic carbocycles. The molecule has 1 saturated carbocycles. The molecule has 0 radical (unpaired) electrons. The van der Waals surface area contributed by atoms with Gasteiger partial charge in [-0.2, -0.15) is 0 Å². The van der Waals surface area contributed by atoms with Gasteiger partial charge in [0.05, 0.1) is 12.3 Å². The Morgan fingerprint density at radius 3 is 2.53 bits per heavy atom. The molecule has 2 aromatic rings. The average Bonchev–Trinajstić information content (AvgIpc) is 3.05. The van der Waals surface area contributed by atoms with Gasteiger partial charge in [0.25, 0.3) is 17.7 Å². The molecule has 0 spiro atoms. The number of aryl methyl sites for hydroxylation is 1. The molecular formula is C26H28ClN3O4. The topological polar surface area (TPSA) is 87.7 Å². The number of carbonyl (C=O) groups is 3. The molecule has 0 bridgehead atoms. The minimum Gasteiger partial charge on any atom is -0.492 e. The first-order chi connectivity index (χ1) is 16.4. The van der Waals surface area contributed by atoms with Gasteiger partial charge >= 0.3 is 0 Å². The molecule has 1 aliphatic carbocycles. The number of imide groups is 1. The monoisotopic (exact) mass is 481 g/mol. The molecule has 2 aliphatic rings. The molecule has 0 atom stereocenters. The lowest BCUT2D eigenvalue weighted by Crippen LogP contribution is -2.42. The fraction of sp³-hybridized carbons (Fsp3) is 0.346. The van der Waals surface area contributed by atoms with Crippen LogP contribution in [-0.4, -0.2) is 35.3 Å². The van der Waals surface area contributed by atoms with Gasteiger partial charge in [-0.3, -0.25) is 19.3 Å². The third-order valence-electron chi connectivity index (χ3n) is 6.19. The lowest BCUT2D eigenvalue weighted by Gasteiger charge is -2.29. The number of halogens is 1. The van der Waals surface area contributed by atoms with Gasteiger partial charge in [0.1, 0.15) is 16.5 Å². The zero-order valence-electron chi connectivity index (χ0n) is 19.3. The molecule has 3 amide bonds. The number of nitrogens with zero attached hydrogens (tertiary/aromatic N) is 1. The van der Waals surface area contributed by atoms with Crippen LogP contribution in [-0.2, 0) is 9.59 Å². The molecular weight excluding hydrogens is 454 g/mol. The van der Waals surface area contributed by atoms with E-state index in [1.165, 1.54) is 4.90 Å². The molecule has 0 aromatic heterocycles.